The maximum atomic E-state index is 12.3. The first-order valence-corrected chi connectivity index (χ1v) is 12.7. The Morgan fingerprint density at radius 1 is 1.28 bits per heavy atom. The highest BCUT2D eigenvalue weighted by molar-refractivity contribution is 7.57. The van der Waals surface area contributed by atoms with Crippen LogP contribution in [0.2, 0.25) is 0 Å². The molecule has 0 saturated heterocycles. The highest BCUT2D eigenvalue weighted by atomic mass is 31.2. The van der Waals surface area contributed by atoms with Crippen LogP contribution in [0.15, 0.2) is 42.5 Å². The number of hydrogen-bond acceptors (Lipinski definition) is 5. The van der Waals surface area contributed by atoms with Crippen molar-refractivity contribution in [2.45, 2.75) is 50.7 Å². The predicted octanol–water partition coefficient (Wildman–Crippen LogP) is 3.43. The lowest BCUT2D eigenvalue weighted by Crippen LogP contribution is -2.25. The molecule has 1 saturated carbocycles. The highest BCUT2D eigenvalue weighted by Gasteiger charge is 2.40. The van der Waals surface area contributed by atoms with Gasteiger partial charge in [-0.05, 0) is 50.2 Å². The fourth-order valence-corrected chi connectivity index (χ4v) is 4.63. The SMILES string of the molecule is CP(=O)(O)CCC/C=C\C[C@H]1C(=O)C[C@@H](O)[C@@H]1CC[C@@H](O)CNc1ccccc1. The Morgan fingerprint density at radius 2 is 2.00 bits per heavy atom. The zero-order valence-electron chi connectivity index (χ0n) is 17.1. The zero-order valence-corrected chi connectivity index (χ0v) is 18.0. The Balaban J connectivity index is 1.75. The third-order valence-corrected chi connectivity index (χ3v) is 6.63. The summed E-state index contributed by atoms with van der Waals surface area (Å²) in [4.78, 5) is 21.5. The van der Waals surface area contributed by atoms with E-state index in [2.05, 4.69) is 5.32 Å². The number of aliphatic hydroxyl groups is 2. The molecular formula is C22H34NO5P. The Hall–Kier alpha value is -1.46. The highest BCUT2D eigenvalue weighted by Crippen LogP contribution is 2.37. The number of benzene rings is 1. The van der Waals surface area contributed by atoms with Crippen molar-refractivity contribution < 1.29 is 24.5 Å². The molecule has 6 nitrogen and oxygen atoms in total. The molecule has 162 valence electrons. The first-order valence-electron chi connectivity index (χ1n) is 10.4. The summed E-state index contributed by atoms with van der Waals surface area (Å²) in [6, 6.07) is 9.67. The molecule has 0 heterocycles. The molecule has 0 spiro atoms. The third-order valence-electron chi connectivity index (χ3n) is 5.48. The van der Waals surface area contributed by atoms with E-state index in [-0.39, 0.29) is 24.0 Å². The van der Waals surface area contributed by atoms with E-state index in [9.17, 15) is 24.5 Å². The Bertz CT molecular complexity index is 702. The van der Waals surface area contributed by atoms with E-state index in [1.807, 2.05) is 42.5 Å². The monoisotopic (exact) mass is 423 g/mol. The fraction of sp³-hybridized carbons (Fsp3) is 0.591. The number of unbranched alkanes of at least 4 members (excludes halogenated alkanes) is 1. The van der Waals surface area contributed by atoms with Gasteiger partial charge in [0.2, 0.25) is 0 Å². The molecule has 0 aromatic heterocycles. The number of allylic oxidation sites excluding steroid dienone is 2. The quantitative estimate of drug-likeness (QED) is 0.233. The molecule has 1 aromatic rings. The van der Waals surface area contributed by atoms with Crippen LogP contribution in [0, 0.1) is 11.8 Å². The van der Waals surface area contributed by atoms with Crippen molar-refractivity contribution in [3.8, 4) is 0 Å². The van der Waals surface area contributed by atoms with Crippen LogP contribution in [-0.4, -0.2) is 52.5 Å². The smallest absolute Gasteiger partial charge is 0.197 e. The number of Topliss-reactive ketones (excluding diaryl/α,β-unsaturated/α-hetero) is 1. The minimum Gasteiger partial charge on any atom is -0.392 e. The van der Waals surface area contributed by atoms with Gasteiger partial charge in [-0.1, -0.05) is 30.4 Å². The number of anilines is 1. The molecule has 1 unspecified atom stereocenters. The van der Waals surface area contributed by atoms with Gasteiger partial charge in [-0.25, -0.2) is 0 Å². The Labute approximate surface area is 173 Å². The van der Waals surface area contributed by atoms with Gasteiger partial charge in [0.05, 0.1) is 12.2 Å². The van der Waals surface area contributed by atoms with Crippen LogP contribution in [0.25, 0.3) is 0 Å². The molecule has 1 aliphatic rings. The first-order chi connectivity index (χ1) is 13.8. The summed E-state index contributed by atoms with van der Waals surface area (Å²) >= 11 is 0. The van der Waals surface area contributed by atoms with Crippen LogP contribution in [0.1, 0.15) is 38.5 Å². The summed E-state index contributed by atoms with van der Waals surface area (Å²) in [5.74, 6) is -0.269. The molecular weight excluding hydrogens is 389 g/mol. The lowest BCUT2D eigenvalue weighted by Gasteiger charge is -2.22. The number of para-hydroxylation sites is 1. The van der Waals surface area contributed by atoms with Crippen molar-refractivity contribution in [1.29, 1.82) is 0 Å². The van der Waals surface area contributed by atoms with E-state index in [4.69, 9.17) is 0 Å². The minimum absolute atomic E-state index is 0.0810. The average Bonchev–Trinajstić information content (AvgIpc) is 2.93. The van der Waals surface area contributed by atoms with E-state index in [0.717, 1.165) is 5.69 Å². The van der Waals surface area contributed by atoms with Crippen LogP contribution in [0.3, 0.4) is 0 Å². The average molecular weight is 423 g/mol. The maximum Gasteiger partial charge on any atom is 0.197 e. The van der Waals surface area contributed by atoms with Crippen molar-refractivity contribution in [3.63, 3.8) is 0 Å². The van der Waals surface area contributed by atoms with Crippen LogP contribution in [-0.2, 0) is 9.36 Å². The summed E-state index contributed by atoms with van der Waals surface area (Å²) in [5.41, 5.74) is 0.950. The molecule has 5 atom stereocenters. The number of aliphatic hydroxyl groups excluding tert-OH is 2. The van der Waals surface area contributed by atoms with Gasteiger partial charge in [0, 0.05) is 37.4 Å². The largest absolute Gasteiger partial charge is 0.392 e. The summed E-state index contributed by atoms with van der Waals surface area (Å²) in [6.07, 6.45) is 6.24. The van der Waals surface area contributed by atoms with Crippen molar-refractivity contribution in [3.05, 3.63) is 42.5 Å². The van der Waals surface area contributed by atoms with E-state index in [0.29, 0.717) is 44.8 Å². The minimum atomic E-state index is -2.96. The molecule has 0 amide bonds. The molecule has 4 N–H and O–H groups in total. The summed E-state index contributed by atoms with van der Waals surface area (Å²) in [6.45, 7) is 1.79. The number of carbonyl (C=O) groups is 1. The number of hydrogen-bond donors (Lipinski definition) is 4. The molecule has 29 heavy (non-hydrogen) atoms. The first kappa shape index (κ1) is 23.8. The molecule has 0 bridgehead atoms. The summed E-state index contributed by atoms with van der Waals surface area (Å²) in [5, 5.41) is 23.7. The van der Waals surface area contributed by atoms with Crippen molar-refractivity contribution in [1.82, 2.24) is 0 Å². The van der Waals surface area contributed by atoms with Gasteiger partial charge in [0.25, 0.3) is 0 Å². The van der Waals surface area contributed by atoms with E-state index in [1.54, 1.807) is 0 Å². The van der Waals surface area contributed by atoms with Gasteiger partial charge >= 0.3 is 0 Å². The summed E-state index contributed by atoms with van der Waals surface area (Å²) < 4.78 is 11.3. The topological polar surface area (TPSA) is 107 Å². The van der Waals surface area contributed by atoms with Crippen LogP contribution in [0.5, 0.6) is 0 Å². The molecule has 1 fully saturated rings. The molecule has 1 aliphatic carbocycles. The second-order valence-corrected chi connectivity index (χ2v) is 10.7. The molecule has 0 radical (unpaired) electrons. The lowest BCUT2D eigenvalue weighted by molar-refractivity contribution is -0.121. The predicted molar refractivity (Wildman–Crippen MR) is 116 cm³/mol. The summed E-state index contributed by atoms with van der Waals surface area (Å²) in [7, 11) is -2.96. The van der Waals surface area contributed by atoms with Crippen LogP contribution < -0.4 is 5.32 Å². The maximum absolute atomic E-state index is 12.3. The van der Waals surface area contributed by atoms with E-state index < -0.39 is 19.6 Å². The van der Waals surface area contributed by atoms with Gasteiger partial charge in [0.1, 0.15) is 5.78 Å². The third kappa shape index (κ3) is 8.83. The molecule has 1 aromatic carbocycles. The Morgan fingerprint density at radius 3 is 2.69 bits per heavy atom. The number of ketones is 1. The second kappa shape index (κ2) is 11.7. The number of nitrogens with one attached hydrogen (secondary N) is 1. The van der Waals surface area contributed by atoms with E-state index >= 15 is 0 Å². The van der Waals surface area contributed by atoms with Gasteiger partial charge in [-0.3, -0.25) is 9.36 Å². The van der Waals surface area contributed by atoms with Gasteiger partial charge < -0.3 is 20.4 Å². The standard InChI is InChI=1S/C22H34NO5P/c1-29(27,28)14-8-3-2-7-11-19-20(22(26)15-21(19)25)13-12-18(24)16-23-17-9-5-4-6-10-17/h2,4-7,9-10,18-20,22-24,26H,3,8,11-16H2,1H3,(H,27,28)/b7-2-/t18-,19-,20-,22-/m1/s1. The van der Waals surface area contributed by atoms with Crippen molar-refractivity contribution >= 4 is 18.8 Å². The van der Waals surface area contributed by atoms with Crippen molar-refractivity contribution in [2.75, 3.05) is 24.7 Å². The molecule has 7 heteroatoms. The van der Waals surface area contributed by atoms with Crippen LogP contribution in [0.4, 0.5) is 5.69 Å². The Kier molecular flexibility index (Phi) is 9.57. The zero-order chi connectivity index (χ0) is 21.3. The van der Waals surface area contributed by atoms with E-state index in [1.165, 1.54) is 6.66 Å². The molecule has 2 rings (SSSR count). The van der Waals surface area contributed by atoms with Crippen molar-refractivity contribution in [2.24, 2.45) is 11.8 Å². The molecule has 0 aliphatic heterocycles. The lowest BCUT2D eigenvalue weighted by atomic mass is 9.86. The van der Waals surface area contributed by atoms with Gasteiger partial charge in [-0.15, -0.1) is 0 Å². The van der Waals surface area contributed by atoms with Crippen LogP contribution >= 0.6 is 7.37 Å². The van der Waals surface area contributed by atoms with Gasteiger partial charge in [-0.2, -0.15) is 0 Å². The fourth-order valence-electron chi connectivity index (χ4n) is 3.86. The normalized spacial score (nSPS) is 25.2. The number of carbonyl (C=O) groups excluding carboxylic acids is 1. The second-order valence-electron chi connectivity index (χ2n) is 8.11. The number of rotatable bonds is 12. The van der Waals surface area contributed by atoms with Gasteiger partial charge in [0.15, 0.2) is 7.37 Å².